The maximum atomic E-state index is 14.0. The van der Waals surface area contributed by atoms with E-state index in [1.807, 2.05) is 4.90 Å². The van der Waals surface area contributed by atoms with E-state index in [0.29, 0.717) is 32.0 Å². The van der Waals surface area contributed by atoms with Crippen LogP contribution >= 0.6 is 0 Å². The first kappa shape index (κ1) is 14.7. The minimum Gasteiger partial charge on any atom is -0.479 e. The molecule has 1 fully saturated rings. The summed E-state index contributed by atoms with van der Waals surface area (Å²) in [6.07, 6.45) is -3.65. The van der Waals surface area contributed by atoms with Crippen LogP contribution in [0.2, 0.25) is 0 Å². The lowest BCUT2D eigenvalue weighted by atomic mass is 10.0. The molecule has 1 aromatic carbocycles. The highest BCUT2D eigenvalue weighted by Gasteiger charge is 2.26. The number of hydrogen-bond donors (Lipinski definition) is 3. The summed E-state index contributed by atoms with van der Waals surface area (Å²) in [5.74, 6) is -2.13. The first-order valence-corrected chi connectivity index (χ1v) is 6.22. The molecular formula is C13H16FNO5. The third kappa shape index (κ3) is 3.06. The lowest BCUT2D eigenvalue weighted by molar-refractivity contribution is -0.153. The number of carbonyl (C=O) groups is 1. The van der Waals surface area contributed by atoms with Gasteiger partial charge in [-0.15, -0.1) is 0 Å². The number of anilines is 1. The molecule has 2 rings (SSSR count). The average molecular weight is 285 g/mol. The van der Waals surface area contributed by atoms with Crippen LogP contribution in [0.15, 0.2) is 18.2 Å². The zero-order valence-corrected chi connectivity index (χ0v) is 10.7. The summed E-state index contributed by atoms with van der Waals surface area (Å²) in [7, 11) is 0. The van der Waals surface area contributed by atoms with Crippen molar-refractivity contribution in [3.05, 3.63) is 29.6 Å². The van der Waals surface area contributed by atoms with Crippen molar-refractivity contribution in [2.75, 3.05) is 31.2 Å². The lowest BCUT2D eigenvalue weighted by Gasteiger charge is -2.29. The van der Waals surface area contributed by atoms with E-state index in [-0.39, 0.29) is 5.56 Å². The van der Waals surface area contributed by atoms with Gasteiger partial charge in [-0.3, -0.25) is 0 Å². The van der Waals surface area contributed by atoms with Crippen LogP contribution in [0.3, 0.4) is 0 Å². The van der Waals surface area contributed by atoms with Crippen molar-refractivity contribution in [1.29, 1.82) is 0 Å². The first-order valence-electron chi connectivity index (χ1n) is 6.22. The number of aliphatic hydroxyl groups excluding tert-OH is 2. The van der Waals surface area contributed by atoms with Gasteiger partial charge in [0.15, 0.2) is 6.10 Å². The molecule has 0 unspecified atom stereocenters. The van der Waals surface area contributed by atoms with Crippen molar-refractivity contribution in [2.24, 2.45) is 0 Å². The summed E-state index contributed by atoms with van der Waals surface area (Å²) in [5.41, 5.74) is 0.392. The summed E-state index contributed by atoms with van der Waals surface area (Å²) < 4.78 is 19.2. The summed E-state index contributed by atoms with van der Waals surface area (Å²) in [6.45, 7) is 2.16. The first-order chi connectivity index (χ1) is 9.50. The average Bonchev–Trinajstić information content (AvgIpc) is 2.46. The minimum atomic E-state index is -1.98. The van der Waals surface area contributed by atoms with Gasteiger partial charge in [0.1, 0.15) is 11.9 Å². The van der Waals surface area contributed by atoms with Crippen LogP contribution in [0.1, 0.15) is 11.7 Å². The van der Waals surface area contributed by atoms with E-state index in [1.54, 1.807) is 0 Å². The summed E-state index contributed by atoms with van der Waals surface area (Å²) in [5, 5.41) is 27.5. The molecule has 1 heterocycles. The van der Waals surface area contributed by atoms with Crippen LogP contribution in [0.25, 0.3) is 0 Å². The Balaban J connectivity index is 2.18. The molecule has 0 radical (unpaired) electrons. The van der Waals surface area contributed by atoms with Crippen molar-refractivity contribution in [3.63, 3.8) is 0 Å². The number of rotatable bonds is 4. The topological polar surface area (TPSA) is 90.2 Å². The number of ether oxygens (including phenoxy) is 1. The molecule has 0 amide bonds. The molecule has 6 nitrogen and oxygen atoms in total. The summed E-state index contributed by atoms with van der Waals surface area (Å²) in [6, 6.07) is 3.92. The van der Waals surface area contributed by atoms with E-state index in [1.165, 1.54) is 12.1 Å². The number of halogens is 1. The minimum absolute atomic E-state index is 0.0226. The standard InChI is InChI=1S/C13H16FNO5/c14-9-7-8(11(16)12(17)13(18)19)1-2-10(9)15-3-5-20-6-4-15/h1-2,7,11-12,16-17H,3-6H2,(H,18,19)/t11-,12+/m0/s1. The predicted molar refractivity (Wildman–Crippen MR) is 68.0 cm³/mol. The molecule has 0 saturated carbocycles. The second-order valence-corrected chi connectivity index (χ2v) is 4.54. The van der Waals surface area contributed by atoms with Gasteiger partial charge in [-0.25, -0.2) is 9.18 Å². The molecule has 7 heteroatoms. The maximum Gasteiger partial charge on any atom is 0.335 e. The SMILES string of the molecule is O=C(O)[C@H](O)[C@@H](O)c1ccc(N2CCOCC2)c(F)c1. The summed E-state index contributed by atoms with van der Waals surface area (Å²) >= 11 is 0. The Hall–Kier alpha value is -1.70. The fourth-order valence-corrected chi connectivity index (χ4v) is 2.09. The highest BCUT2D eigenvalue weighted by atomic mass is 19.1. The quantitative estimate of drug-likeness (QED) is 0.729. The molecule has 20 heavy (non-hydrogen) atoms. The monoisotopic (exact) mass is 285 g/mol. The normalized spacial score (nSPS) is 18.6. The number of carboxylic acid groups (broad SMARTS) is 1. The molecule has 110 valence electrons. The van der Waals surface area contributed by atoms with E-state index in [0.717, 1.165) is 6.07 Å². The van der Waals surface area contributed by atoms with E-state index < -0.39 is 24.0 Å². The fraction of sp³-hybridized carbons (Fsp3) is 0.462. The highest BCUT2D eigenvalue weighted by Crippen LogP contribution is 2.25. The Morgan fingerprint density at radius 3 is 2.50 bits per heavy atom. The van der Waals surface area contributed by atoms with Gasteiger partial charge in [-0.2, -0.15) is 0 Å². The number of aliphatic hydroxyl groups is 2. The van der Waals surface area contributed by atoms with Crippen molar-refractivity contribution in [3.8, 4) is 0 Å². The molecule has 1 aliphatic rings. The third-order valence-electron chi connectivity index (χ3n) is 3.22. The van der Waals surface area contributed by atoms with Gasteiger partial charge in [0.05, 0.1) is 18.9 Å². The Labute approximate surface area is 115 Å². The number of morpholine rings is 1. The maximum absolute atomic E-state index is 14.0. The lowest BCUT2D eigenvalue weighted by Crippen LogP contribution is -2.36. The molecule has 0 spiro atoms. The predicted octanol–water partition coefficient (Wildman–Crippen LogP) is 0.141. The molecule has 1 aliphatic heterocycles. The van der Waals surface area contributed by atoms with Crippen molar-refractivity contribution in [1.82, 2.24) is 0 Å². The van der Waals surface area contributed by atoms with Gasteiger partial charge in [0, 0.05) is 13.1 Å². The van der Waals surface area contributed by atoms with E-state index in [2.05, 4.69) is 0 Å². The van der Waals surface area contributed by atoms with Crippen LogP contribution in [0.5, 0.6) is 0 Å². The largest absolute Gasteiger partial charge is 0.479 e. The van der Waals surface area contributed by atoms with Gasteiger partial charge in [0.2, 0.25) is 0 Å². The second-order valence-electron chi connectivity index (χ2n) is 4.54. The Morgan fingerprint density at radius 2 is 1.95 bits per heavy atom. The molecular weight excluding hydrogens is 269 g/mol. The summed E-state index contributed by atoms with van der Waals surface area (Å²) in [4.78, 5) is 12.4. The Morgan fingerprint density at radius 1 is 1.30 bits per heavy atom. The molecule has 2 atom stereocenters. The number of nitrogens with zero attached hydrogens (tertiary/aromatic N) is 1. The molecule has 1 aromatic rings. The molecule has 0 aromatic heterocycles. The molecule has 3 N–H and O–H groups in total. The van der Waals surface area contributed by atoms with Crippen LogP contribution in [0.4, 0.5) is 10.1 Å². The highest BCUT2D eigenvalue weighted by molar-refractivity contribution is 5.73. The van der Waals surface area contributed by atoms with E-state index in [4.69, 9.17) is 9.84 Å². The van der Waals surface area contributed by atoms with Gasteiger partial charge in [-0.1, -0.05) is 6.07 Å². The fourth-order valence-electron chi connectivity index (χ4n) is 2.09. The zero-order chi connectivity index (χ0) is 14.7. The van der Waals surface area contributed by atoms with Crippen molar-refractivity contribution < 1.29 is 29.2 Å². The second kappa shape index (κ2) is 6.17. The third-order valence-corrected chi connectivity index (χ3v) is 3.22. The van der Waals surface area contributed by atoms with Gasteiger partial charge < -0.3 is 25.0 Å². The van der Waals surface area contributed by atoms with Crippen LogP contribution < -0.4 is 4.90 Å². The van der Waals surface area contributed by atoms with Gasteiger partial charge in [0.25, 0.3) is 0 Å². The smallest absolute Gasteiger partial charge is 0.335 e. The number of carboxylic acids is 1. The van der Waals surface area contributed by atoms with E-state index >= 15 is 0 Å². The molecule has 0 bridgehead atoms. The van der Waals surface area contributed by atoms with Gasteiger partial charge >= 0.3 is 5.97 Å². The molecule has 1 saturated heterocycles. The van der Waals surface area contributed by atoms with Gasteiger partial charge in [-0.05, 0) is 17.7 Å². The Bertz CT molecular complexity index is 490. The molecule has 0 aliphatic carbocycles. The van der Waals surface area contributed by atoms with Crippen LogP contribution in [0, 0.1) is 5.82 Å². The number of benzene rings is 1. The zero-order valence-electron chi connectivity index (χ0n) is 10.7. The number of hydrogen-bond acceptors (Lipinski definition) is 5. The van der Waals surface area contributed by atoms with Crippen molar-refractivity contribution >= 4 is 11.7 Å². The Kier molecular flexibility index (Phi) is 4.53. The number of aliphatic carboxylic acids is 1. The van der Waals surface area contributed by atoms with E-state index in [9.17, 15) is 19.4 Å². The van der Waals surface area contributed by atoms with Crippen LogP contribution in [-0.4, -0.2) is 53.7 Å². The van der Waals surface area contributed by atoms with Crippen molar-refractivity contribution in [2.45, 2.75) is 12.2 Å². The van der Waals surface area contributed by atoms with Crippen LogP contribution in [-0.2, 0) is 9.53 Å².